The Morgan fingerprint density at radius 2 is 2.28 bits per heavy atom. The lowest BCUT2D eigenvalue weighted by Crippen LogP contribution is -2.37. The van der Waals surface area contributed by atoms with Crippen LogP contribution in [0.25, 0.3) is 0 Å². The number of fused-ring (bicyclic) bond motifs is 1. The number of hydrogen-bond acceptors (Lipinski definition) is 3. The number of rotatable bonds is 5. The number of benzene rings is 1. The van der Waals surface area contributed by atoms with E-state index in [1.165, 1.54) is 5.56 Å². The molecule has 0 fully saturated rings. The van der Waals surface area contributed by atoms with E-state index in [-0.39, 0.29) is 11.9 Å². The number of nitrogens with zero attached hydrogens (tertiary/aromatic N) is 1. The number of thioether (sulfide) groups is 1. The van der Waals surface area contributed by atoms with Gasteiger partial charge in [0.1, 0.15) is 0 Å². The Kier molecular flexibility index (Phi) is 4.66. The van der Waals surface area contributed by atoms with Crippen molar-refractivity contribution in [1.29, 1.82) is 0 Å². The average Bonchev–Trinajstić information content (AvgIpc) is 2.70. The quantitative estimate of drug-likeness (QED) is 0.828. The molecule has 0 saturated heterocycles. The van der Waals surface area contributed by atoms with E-state index >= 15 is 0 Å². The van der Waals surface area contributed by atoms with Crippen LogP contribution in [0.2, 0.25) is 0 Å². The molecule has 1 atom stereocenters. The smallest absolute Gasteiger partial charge is 0.237 e. The van der Waals surface area contributed by atoms with E-state index in [9.17, 15) is 4.79 Å². The lowest BCUT2D eigenvalue weighted by atomic mass is 10.1. The fraction of sp³-hybridized carbons (Fsp3) is 0.500. The van der Waals surface area contributed by atoms with E-state index < -0.39 is 0 Å². The van der Waals surface area contributed by atoms with Crippen molar-refractivity contribution in [3.8, 4) is 0 Å². The van der Waals surface area contributed by atoms with Gasteiger partial charge in [-0.25, -0.2) is 0 Å². The van der Waals surface area contributed by atoms with Crippen LogP contribution in [0.4, 0.5) is 5.69 Å². The minimum absolute atomic E-state index is 0.217. The molecule has 0 saturated carbocycles. The minimum atomic E-state index is 0.217. The SMILES string of the molecule is CC1Cc2ccccc2N1C(=O)CSCCCN. The molecule has 0 aromatic heterocycles. The molecule has 1 aromatic carbocycles. The predicted molar refractivity (Wildman–Crippen MR) is 78.1 cm³/mol. The Bertz CT molecular complexity index is 422. The molecule has 1 amide bonds. The number of amides is 1. The van der Waals surface area contributed by atoms with Gasteiger partial charge in [0, 0.05) is 11.7 Å². The molecule has 3 nitrogen and oxygen atoms in total. The van der Waals surface area contributed by atoms with Crippen molar-refractivity contribution in [3.63, 3.8) is 0 Å². The maximum absolute atomic E-state index is 12.3. The van der Waals surface area contributed by atoms with Gasteiger partial charge in [-0.1, -0.05) is 18.2 Å². The van der Waals surface area contributed by atoms with Crippen LogP contribution in [0.3, 0.4) is 0 Å². The van der Waals surface area contributed by atoms with Crippen LogP contribution < -0.4 is 10.6 Å². The van der Waals surface area contributed by atoms with E-state index in [2.05, 4.69) is 13.0 Å². The highest BCUT2D eigenvalue weighted by Crippen LogP contribution is 2.32. The summed E-state index contributed by atoms with van der Waals surface area (Å²) in [5.74, 6) is 1.74. The summed E-state index contributed by atoms with van der Waals surface area (Å²) in [5.41, 5.74) is 7.82. The van der Waals surface area contributed by atoms with Gasteiger partial charge in [-0.05, 0) is 43.7 Å². The van der Waals surface area contributed by atoms with Gasteiger partial charge in [-0.2, -0.15) is 11.8 Å². The Morgan fingerprint density at radius 1 is 1.50 bits per heavy atom. The third-order valence-electron chi connectivity index (χ3n) is 3.19. The van der Waals surface area contributed by atoms with Gasteiger partial charge in [-0.15, -0.1) is 0 Å². The highest BCUT2D eigenvalue weighted by atomic mass is 32.2. The van der Waals surface area contributed by atoms with Crippen molar-refractivity contribution in [2.45, 2.75) is 25.8 Å². The van der Waals surface area contributed by atoms with Crippen molar-refractivity contribution in [2.24, 2.45) is 5.73 Å². The van der Waals surface area contributed by atoms with Gasteiger partial charge >= 0.3 is 0 Å². The third kappa shape index (κ3) is 2.87. The summed E-state index contributed by atoms with van der Waals surface area (Å²) in [4.78, 5) is 14.2. The molecule has 1 heterocycles. The Labute approximate surface area is 113 Å². The number of hydrogen-bond donors (Lipinski definition) is 1. The summed E-state index contributed by atoms with van der Waals surface area (Å²) in [6.07, 6.45) is 1.94. The zero-order valence-corrected chi connectivity index (χ0v) is 11.6. The predicted octanol–water partition coefficient (Wildman–Crippen LogP) is 2.05. The molecule has 0 bridgehead atoms. The van der Waals surface area contributed by atoms with E-state index in [4.69, 9.17) is 5.73 Å². The summed E-state index contributed by atoms with van der Waals surface area (Å²) in [5, 5.41) is 0. The second-order valence-electron chi connectivity index (χ2n) is 4.64. The van der Waals surface area contributed by atoms with Crippen molar-refractivity contribution in [3.05, 3.63) is 29.8 Å². The van der Waals surface area contributed by atoms with E-state index in [0.29, 0.717) is 12.3 Å². The Hall–Kier alpha value is -1.000. The van der Waals surface area contributed by atoms with Crippen molar-refractivity contribution in [1.82, 2.24) is 0 Å². The van der Waals surface area contributed by atoms with Gasteiger partial charge in [0.15, 0.2) is 0 Å². The maximum Gasteiger partial charge on any atom is 0.237 e. The van der Waals surface area contributed by atoms with E-state index in [1.54, 1.807) is 11.8 Å². The zero-order chi connectivity index (χ0) is 13.0. The van der Waals surface area contributed by atoms with Gasteiger partial charge < -0.3 is 10.6 Å². The number of para-hydroxylation sites is 1. The van der Waals surface area contributed by atoms with Gasteiger partial charge in [0.05, 0.1) is 5.75 Å². The second-order valence-corrected chi connectivity index (χ2v) is 5.75. The Morgan fingerprint density at radius 3 is 3.06 bits per heavy atom. The molecule has 4 heteroatoms. The highest BCUT2D eigenvalue weighted by molar-refractivity contribution is 7.99. The molecule has 98 valence electrons. The molecule has 1 unspecified atom stereocenters. The molecule has 0 spiro atoms. The number of nitrogens with two attached hydrogens (primary N) is 1. The van der Waals surface area contributed by atoms with Crippen LogP contribution in [0, 0.1) is 0 Å². The standard InChI is InChI=1S/C14H20N2OS/c1-11-9-12-5-2-3-6-13(12)16(11)14(17)10-18-8-4-7-15/h2-3,5-6,11H,4,7-10,15H2,1H3. The molecule has 1 aliphatic rings. The summed E-state index contributed by atoms with van der Waals surface area (Å²) in [6, 6.07) is 8.47. The first-order valence-corrected chi connectivity index (χ1v) is 7.57. The van der Waals surface area contributed by atoms with Crippen LogP contribution >= 0.6 is 11.8 Å². The van der Waals surface area contributed by atoms with Crippen LogP contribution in [0.5, 0.6) is 0 Å². The van der Waals surface area contributed by atoms with E-state index in [0.717, 1.165) is 24.3 Å². The Balaban J connectivity index is 1.98. The summed E-state index contributed by atoms with van der Waals surface area (Å²) < 4.78 is 0. The number of anilines is 1. The van der Waals surface area contributed by atoms with Crippen LogP contribution in [-0.2, 0) is 11.2 Å². The van der Waals surface area contributed by atoms with Gasteiger partial charge in [-0.3, -0.25) is 4.79 Å². The third-order valence-corrected chi connectivity index (χ3v) is 4.22. The van der Waals surface area contributed by atoms with Crippen LogP contribution in [-0.4, -0.2) is 30.0 Å². The first kappa shape index (κ1) is 13.4. The highest BCUT2D eigenvalue weighted by Gasteiger charge is 2.29. The lowest BCUT2D eigenvalue weighted by Gasteiger charge is -2.22. The number of carbonyl (C=O) groups is 1. The minimum Gasteiger partial charge on any atom is -0.330 e. The van der Waals surface area contributed by atoms with Crippen molar-refractivity contribution in [2.75, 3.05) is 23.0 Å². The topological polar surface area (TPSA) is 46.3 Å². The van der Waals surface area contributed by atoms with Gasteiger partial charge in [0.2, 0.25) is 5.91 Å². The molecule has 1 aliphatic heterocycles. The van der Waals surface area contributed by atoms with Gasteiger partial charge in [0.25, 0.3) is 0 Å². The lowest BCUT2D eigenvalue weighted by molar-refractivity contribution is -0.116. The number of carbonyl (C=O) groups excluding carboxylic acids is 1. The first-order chi connectivity index (χ1) is 8.74. The van der Waals surface area contributed by atoms with Crippen molar-refractivity contribution < 1.29 is 4.79 Å². The average molecular weight is 264 g/mol. The largest absolute Gasteiger partial charge is 0.330 e. The summed E-state index contributed by atoms with van der Waals surface area (Å²) in [6.45, 7) is 2.81. The first-order valence-electron chi connectivity index (χ1n) is 6.42. The summed E-state index contributed by atoms with van der Waals surface area (Å²) >= 11 is 1.68. The fourth-order valence-corrected chi connectivity index (χ4v) is 3.19. The van der Waals surface area contributed by atoms with E-state index in [1.807, 2.05) is 23.1 Å². The molecular weight excluding hydrogens is 244 g/mol. The normalized spacial score (nSPS) is 17.9. The fourth-order valence-electron chi connectivity index (χ4n) is 2.36. The molecule has 0 aliphatic carbocycles. The van der Waals surface area contributed by atoms with Crippen LogP contribution in [0.15, 0.2) is 24.3 Å². The molecular formula is C14H20N2OS. The molecule has 0 radical (unpaired) electrons. The van der Waals surface area contributed by atoms with Crippen LogP contribution in [0.1, 0.15) is 18.9 Å². The zero-order valence-electron chi connectivity index (χ0n) is 10.8. The maximum atomic E-state index is 12.3. The molecule has 18 heavy (non-hydrogen) atoms. The molecule has 2 N–H and O–H groups in total. The second kappa shape index (κ2) is 6.25. The van der Waals surface area contributed by atoms with Crippen molar-refractivity contribution >= 4 is 23.4 Å². The monoisotopic (exact) mass is 264 g/mol. The summed E-state index contributed by atoms with van der Waals surface area (Å²) in [7, 11) is 0. The molecule has 1 aromatic rings. The molecule has 2 rings (SSSR count).